The van der Waals surface area contributed by atoms with Gasteiger partial charge in [0, 0.05) is 49.2 Å². The highest BCUT2D eigenvalue weighted by Gasteiger charge is 2.30. The smallest absolute Gasteiger partial charge is 0.222 e. The number of aryl methyl sites for hydroxylation is 1. The lowest BCUT2D eigenvalue weighted by Crippen LogP contribution is -2.47. The lowest BCUT2D eigenvalue weighted by atomic mass is 10.00. The summed E-state index contributed by atoms with van der Waals surface area (Å²) in [5.74, 6) is 1.02. The van der Waals surface area contributed by atoms with Gasteiger partial charge in [0.1, 0.15) is 5.75 Å². The van der Waals surface area contributed by atoms with Crippen LogP contribution in [0.1, 0.15) is 31.7 Å². The van der Waals surface area contributed by atoms with E-state index in [4.69, 9.17) is 4.74 Å². The zero-order valence-electron chi connectivity index (χ0n) is 20.1. The first-order chi connectivity index (χ1) is 16.3. The highest BCUT2D eigenvalue weighted by Crippen LogP contribution is 2.32. The topological polar surface area (TPSA) is 82.7 Å². The van der Waals surface area contributed by atoms with E-state index in [2.05, 4.69) is 17.1 Å². The number of benzene rings is 2. The highest BCUT2D eigenvalue weighted by atomic mass is 32.2. The molecule has 1 aliphatic rings. The standard InChI is InChI=1S/C26H33N3O4S/c1-4-34(31,32)28(2)20-15-17-29(18-16-20)25(30)14-13-23-22-7-5-6-8-24(22)27-26(23)19-9-11-21(33-3)12-10-19/h5-12,20,27H,4,13-18H2,1-3H3. The van der Waals surface area contributed by atoms with Crippen LogP contribution in [0.5, 0.6) is 5.75 Å². The Balaban J connectivity index is 1.46. The van der Waals surface area contributed by atoms with Gasteiger partial charge in [-0.25, -0.2) is 12.7 Å². The average Bonchev–Trinajstić information content (AvgIpc) is 3.25. The Bertz CT molecular complexity index is 1240. The molecule has 34 heavy (non-hydrogen) atoms. The molecule has 0 bridgehead atoms. The molecular formula is C26H33N3O4S. The first kappa shape index (κ1) is 24.3. The first-order valence-corrected chi connectivity index (χ1v) is 13.4. The van der Waals surface area contributed by atoms with E-state index in [0.29, 0.717) is 38.8 Å². The third-order valence-corrected chi connectivity index (χ3v) is 8.82. The number of nitrogens with one attached hydrogen (secondary N) is 1. The quantitative estimate of drug-likeness (QED) is 0.524. The van der Waals surface area contributed by atoms with Gasteiger partial charge in [-0.15, -0.1) is 0 Å². The van der Waals surface area contributed by atoms with Gasteiger partial charge < -0.3 is 14.6 Å². The van der Waals surface area contributed by atoms with Gasteiger partial charge in [-0.2, -0.15) is 0 Å². The molecule has 0 aliphatic carbocycles. The van der Waals surface area contributed by atoms with E-state index in [1.54, 1.807) is 21.1 Å². The van der Waals surface area contributed by atoms with Gasteiger partial charge in [-0.1, -0.05) is 18.2 Å². The van der Waals surface area contributed by atoms with Crippen LogP contribution in [0.25, 0.3) is 22.2 Å². The third-order valence-electron chi connectivity index (χ3n) is 6.92. The number of para-hydroxylation sites is 1. The van der Waals surface area contributed by atoms with E-state index in [1.807, 2.05) is 41.3 Å². The van der Waals surface area contributed by atoms with Crippen molar-refractivity contribution in [2.24, 2.45) is 0 Å². The van der Waals surface area contributed by atoms with E-state index < -0.39 is 10.0 Å². The number of methoxy groups -OCH3 is 1. The molecule has 8 heteroatoms. The summed E-state index contributed by atoms with van der Waals surface area (Å²) in [6.45, 7) is 2.84. The molecule has 3 aromatic rings. The Hall–Kier alpha value is -2.84. The van der Waals surface area contributed by atoms with Crippen molar-refractivity contribution in [3.63, 3.8) is 0 Å². The molecule has 2 aromatic carbocycles. The summed E-state index contributed by atoms with van der Waals surface area (Å²) in [5.41, 5.74) is 4.27. The Labute approximate surface area is 201 Å². The molecule has 0 saturated carbocycles. The van der Waals surface area contributed by atoms with Gasteiger partial charge in [-0.3, -0.25) is 4.79 Å². The number of amides is 1. The van der Waals surface area contributed by atoms with Crippen LogP contribution in [-0.2, 0) is 21.2 Å². The Morgan fingerprint density at radius 1 is 1.12 bits per heavy atom. The molecule has 1 N–H and O–H groups in total. The predicted molar refractivity (Wildman–Crippen MR) is 135 cm³/mol. The van der Waals surface area contributed by atoms with Crippen molar-refractivity contribution in [3.05, 3.63) is 54.1 Å². The molecule has 1 amide bonds. The number of rotatable bonds is 8. The van der Waals surface area contributed by atoms with Crippen molar-refractivity contribution in [3.8, 4) is 17.0 Å². The van der Waals surface area contributed by atoms with Crippen molar-refractivity contribution in [1.82, 2.24) is 14.2 Å². The minimum absolute atomic E-state index is 0.0377. The number of piperidine rings is 1. The third kappa shape index (κ3) is 4.98. The Morgan fingerprint density at radius 3 is 2.44 bits per heavy atom. The molecule has 7 nitrogen and oxygen atoms in total. The summed E-state index contributed by atoms with van der Waals surface area (Å²) in [4.78, 5) is 18.5. The van der Waals surface area contributed by atoms with E-state index in [-0.39, 0.29) is 17.7 Å². The number of likely N-dealkylation sites (tertiary alicyclic amines) is 1. The molecule has 1 aliphatic heterocycles. The van der Waals surface area contributed by atoms with Gasteiger partial charge in [0.2, 0.25) is 15.9 Å². The van der Waals surface area contributed by atoms with Gasteiger partial charge in [0.05, 0.1) is 12.9 Å². The first-order valence-electron chi connectivity index (χ1n) is 11.8. The second-order valence-corrected chi connectivity index (χ2v) is 11.1. The number of H-pyrrole nitrogens is 1. The number of fused-ring (bicyclic) bond motifs is 1. The highest BCUT2D eigenvalue weighted by molar-refractivity contribution is 7.89. The maximum atomic E-state index is 13.1. The molecule has 4 rings (SSSR count). The SMILES string of the molecule is CCS(=O)(=O)N(C)C1CCN(C(=O)CCc2c(-c3ccc(OC)cc3)[nH]c3ccccc23)CC1. The van der Waals surface area contributed by atoms with Crippen LogP contribution in [0.15, 0.2) is 48.5 Å². The fraction of sp³-hybridized carbons (Fsp3) is 0.423. The van der Waals surface area contributed by atoms with E-state index in [9.17, 15) is 13.2 Å². The van der Waals surface area contributed by atoms with Gasteiger partial charge >= 0.3 is 0 Å². The van der Waals surface area contributed by atoms with E-state index >= 15 is 0 Å². The number of carbonyl (C=O) groups is 1. The van der Waals surface area contributed by atoms with E-state index in [0.717, 1.165) is 33.5 Å². The maximum Gasteiger partial charge on any atom is 0.222 e. The van der Waals surface area contributed by atoms with Crippen molar-refractivity contribution < 1.29 is 17.9 Å². The Kier molecular flexibility index (Phi) is 7.28. The molecule has 0 unspecified atom stereocenters. The van der Waals surface area contributed by atoms with Crippen LogP contribution < -0.4 is 4.74 Å². The molecule has 1 aromatic heterocycles. The molecule has 1 saturated heterocycles. The lowest BCUT2D eigenvalue weighted by Gasteiger charge is -2.36. The van der Waals surface area contributed by atoms with Crippen molar-refractivity contribution in [1.29, 1.82) is 0 Å². The zero-order chi connectivity index (χ0) is 24.3. The Morgan fingerprint density at radius 2 is 1.79 bits per heavy atom. The maximum absolute atomic E-state index is 13.1. The molecule has 0 atom stereocenters. The summed E-state index contributed by atoms with van der Waals surface area (Å²) in [5, 5.41) is 1.13. The normalized spacial score (nSPS) is 15.2. The number of aromatic nitrogens is 1. The summed E-state index contributed by atoms with van der Waals surface area (Å²) in [6.07, 6.45) is 2.39. The number of sulfonamides is 1. The number of aromatic amines is 1. The summed E-state index contributed by atoms with van der Waals surface area (Å²) >= 11 is 0. The summed E-state index contributed by atoms with van der Waals surface area (Å²) in [7, 11) is 0.0895. The van der Waals surface area contributed by atoms with Crippen LogP contribution >= 0.6 is 0 Å². The molecular weight excluding hydrogens is 450 g/mol. The summed E-state index contributed by atoms with van der Waals surface area (Å²) in [6, 6.07) is 16.1. The van der Waals surface area contributed by atoms with Gasteiger partial charge in [-0.05, 0) is 67.6 Å². The predicted octanol–water partition coefficient (Wildman–Crippen LogP) is 4.05. The molecule has 2 heterocycles. The van der Waals surface area contributed by atoms with Crippen LogP contribution in [0.2, 0.25) is 0 Å². The van der Waals surface area contributed by atoms with Crippen LogP contribution in [-0.4, -0.2) is 67.6 Å². The second kappa shape index (κ2) is 10.2. The molecule has 0 radical (unpaired) electrons. The number of hydrogen-bond acceptors (Lipinski definition) is 4. The number of nitrogens with zero attached hydrogens (tertiary/aromatic N) is 2. The van der Waals surface area contributed by atoms with Crippen molar-refractivity contribution >= 4 is 26.8 Å². The fourth-order valence-corrected chi connectivity index (χ4v) is 5.84. The molecule has 1 fully saturated rings. The van der Waals surface area contributed by atoms with Crippen molar-refractivity contribution in [2.75, 3.05) is 33.0 Å². The molecule has 182 valence electrons. The zero-order valence-corrected chi connectivity index (χ0v) is 20.9. The molecule has 0 spiro atoms. The van der Waals surface area contributed by atoms with Crippen molar-refractivity contribution in [2.45, 2.75) is 38.6 Å². The van der Waals surface area contributed by atoms with Gasteiger partial charge in [0.15, 0.2) is 0 Å². The minimum atomic E-state index is -3.21. The fourth-order valence-electron chi connectivity index (χ4n) is 4.76. The minimum Gasteiger partial charge on any atom is -0.497 e. The van der Waals surface area contributed by atoms with Crippen LogP contribution in [0.3, 0.4) is 0 Å². The van der Waals surface area contributed by atoms with E-state index in [1.165, 1.54) is 4.31 Å². The lowest BCUT2D eigenvalue weighted by molar-refractivity contribution is -0.132. The summed E-state index contributed by atoms with van der Waals surface area (Å²) < 4.78 is 31.1. The largest absolute Gasteiger partial charge is 0.497 e. The number of carbonyl (C=O) groups excluding carboxylic acids is 1. The number of hydrogen-bond donors (Lipinski definition) is 1. The number of ether oxygens (including phenoxy) is 1. The van der Waals surface area contributed by atoms with Gasteiger partial charge in [0.25, 0.3) is 0 Å². The monoisotopic (exact) mass is 483 g/mol. The second-order valence-electron chi connectivity index (χ2n) is 8.78. The van der Waals surface area contributed by atoms with Crippen LogP contribution in [0, 0.1) is 0 Å². The van der Waals surface area contributed by atoms with Crippen LogP contribution in [0.4, 0.5) is 0 Å². The average molecular weight is 484 g/mol.